The summed E-state index contributed by atoms with van der Waals surface area (Å²) >= 11 is 0. The number of hydrogen-bond donors (Lipinski definition) is 2. The van der Waals surface area contributed by atoms with Crippen LogP contribution in [0.25, 0.3) is 0 Å². The van der Waals surface area contributed by atoms with Gasteiger partial charge >= 0.3 is 0 Å². The molecule has 144 valence electrons. The first-order valence-electron chi connectivity index (χ1n) is 8.58. The Morgan fingerprint density at radius 1 is 0.857 bits per heavy atom. The van der Waals surface area contributed by atoms with Gasteiger partial charge in [0.15, 0.2) is 0 Å². The van der Waals surface area contributed by atoms with Gasteiger partial charge in [-0.1, -0.05) is 42.5 Å². The summed E-state index contributed by atoms with van der Waals surface area (Å²) in [6.45, 7) is 0.733. The first-order valence-corrected chi connectivity index (χ1v) is 10.1. The van der Waals surface area contributed by atoms with Crippen LogP contribution < -0.4 is 15.2 Å². The van der Waals surface area contributed by atoms with Crippen LogP contribution in [-0.2, 0) is 23.2 Å². The maximum absolute atomic E-state index is 12.3. The van der Waals surface area contributed by atoms with E-state index in [1.54, 1.807) is 36.4 Å². The van der Waals surface area contributed by atoms with Crippen molar-refractivity contribution in [3.05, 3.63) is 95.6 Å². The van der Waals surface area contributed by atoms with Crippen LogP contribution in [0.2, 0.25) is 0 Å². The molecule has 0 bridgehead atoms. The van der Waals surface area contributed by atoms with Gasteiger partial charge in [0.1, 0.15) is 12.4 Å². The van der Waals surface area contributed by atoms with E-state index in [-0.39, 0.29) is 17.3 Å². The third-order valence-electron chi connectivity index (χ3n) is 4.07. The minimum absolute atomic E-state index is 0.0358. The van der Waals surface area contributed by atoms with E-state index in [1.807, 2.05) is 30.3 Å². The van der Waals surface area contributed by atoms with Crippen molar-refractivity contribution in [3.63, 3.8) is 0 Å². The number of benzene rings is 3. The van der Waals surface area contributed by atoms with Crippen molar-refractivity contribution in [1.82, 2.24) is 5.32 Å². The van der Waals surface area contributed by atoms with Crippen LogP contribution in [0.15, 0.2) is 83.8 Å². The van der Waals surface area contributed by atoms with Crippen molar-refractivity contribution >= 4 is 15.9 Å². The van der Waals surface area contributed by atoms with Gasteiger partial charge in [0.05, 0.1) is 4.90 Å². The number of nitrogens with one attached hydrogen (secondary N) is 1. The topological polar surface area (TPSA) is 98.5 Å². The average molecular weight is 396 g/mol. The molecule has 0 spiro atoms. The lowest BCUT2D eigenvalue weighted by Gasteiger charge is -2.08. The molecule has 0 aromatic heterocycles. The lowest BCUT2D eigenvalue weighted by Crippen LogP contribution is -2.22. The van der Waals surface area contributed by atoms with E-state index in [2.05, 4.69) is 5.32 Å². The van der Waals surface area contributed by atoms with E-state index < -0.39 is 10.0 Å². The van der Waals surface area contributed by atoms with Gasteiger partial charge in [0, 0.05) is 12.1 Å². The molecule has 0 radical (unpaired) electrons. The summed E-state index contributed by atoms with van der Waals surface area (Å²) in [5.41, 5.74) is 2.34. The first kappa shape index (κ1) is 19.6. The molecule has 0 aliphatic rings. The summed E-state index contributed by atoms with van der Waals surface area (Å²) in [5.74, 6) is 0.448. The Morgan fingerprint density at radius 3 is 2.11 bits per heavy atom. The molecule has 0 fully saturated rings. The lowest BCUT2D eigenvalue weighted by atomic mass is 10.2. The highest BCUT2D eigenvalue weighted by atomic mass is 32.2. The van der Waals surface area contributed by atoms with Crippen LogP contribution in [0, 0.1) is 0 Å². The summed E-state index contributed by atoms with van der Waals surface area (Å²) in [6.07, 6.45) is 0. The molecule has 0 aliphatic carbocycles. The van der Waals surface area contributed by atoms with E-state index in [0.29, 0.717) is 17.9 Å². The molecule has 3 aromatic carbocycles. The zero-order chi connectivity index (χ0) is 20.0. The van der Waals surface area contributed by atoms with Crippen molar-refractivity contribution in [2.45, 2.75) is 18.0 Å². The molecule has 0 atom stereocenters. The molecular weight excluding hydrogens is 376 g/mol. The lowest BCUT2D eigenvalue weighted by molar-refractivity contribution is 0.0951. The van der Waals surface area contributed by atoms with Gasteiger partial charge < -0.3 is 10.1 Å². The second kappa shape index (κ2) is 8.69. The fraction of sp³-hybridized carbons (Fsp3) is 0.0952. The molecule has 3 aromatic rings. The minimum atomic E-state index is -3.72. The van der Waals surface area contributed by atoms with Crippen molar-refractivity contribution in [2.75, 3.05) is 0 Å². The smallest absolute Gasteiger partial charge is 0.251 e. The maximum Gasteiger partial charge on any atom is 0.251 e. The fourth-order valence-corrected chi connectivity index (χ4v) is 3.04. The predicted molar refractivity (Wildman–Crippen MR) is 106 cm³/mol. The standard InChI is InChI=1S/C21H20N2O4S/c22-28(25,26)20-12-6-16(7-13-20)14-23-21(24)18-8-10-19(11-9-18)27-15-17-4-2-1-3-5-17/h1-13H,14-15H2,(H,23,24)(H2,22,25,26). The monoisotopic (exact) mass is 396 g/mol. The van der Waals surface area contributed by atoms with Crippen molar-refractivity contribution in [1.29, 1.82) is 0 Å². The number of sulfonamides is 1. The number of nitrogens with two attached hydrogens (primary N) is 1. The molecular formula is C21H20N2O4S. The van der Waals surface area contributed by atoms with E-state index in [4.69, 9.17) is 9.88 Å². The normalized spacial score (nSPS) is 11.0. The quantitative estimate of drug-likeness (QED) is 0.641. The second-order valence-corrected chi connectivity index (χ2v) is 7.73. The molecule has 1 amide bonds. The fourth-order valence-electron chi connectivity index (χ4n) is 2.52. The number of carbonyl (C=O) groups excluding carboxylic acids is 1. The van der Waals surface area contributed by atoms with Crippen LogP contribution in [0.1, 0.15) is 21.5 Å². The van der Waals surface area contributed by atoms with Crippen molar-refractivity contribution in [2.24, 2.45) is 5.14 Å². The molecule has 0 saturated carbocycles. The van der Waals surface area contributed by atoms with Crippen molar-refractivity contribution in [3.8, 4) is 5.75 Å². The van der Waals surface area contributed by atoms with Gasteiger partial charge in [0.2, 0.25) is 10.0 Å². The van der Waals surface area contributed by atoms with Crippen LogP contribution in [0.5, 0.6) is 5.75 Å². The third kappa shape index (κ3) is 5.42. The van der Waals surface area contributed by atoms with Gasteiger partial charge in [-0.25, -0.2) is 13.6 Å². The molecule has 0 saturated heterocycles. The summed E-state index contributed by atoms with van der Waals surface area (Å²) in [5, 5.41) is 7.85. The van der Waals surface area contributed by atoms with Gasteiger partial charge in [-0.2, -0.15) is 0 Å². The number of ether oxygens (including phenoxy) is 1. The Hall–Kier alpha value is -3.16. The number of hydrogen-bond acceptors (Lipinski definition) is 4. The van der Waals surface area contributed by atoms with Gasteiger partial charge in [-0.15, -0.1) is 0 Å². The number of carbonyl (C=O) groups is 1. The van der Waals surface area contributed by atoms with Crippen LogP contribution >= 0.6 is 0 Å². The Morgan fingerprint density at radius 2 is 1.50 bits per heavy atom. The summed E-state index contributed by atoms with van der Waals surface area (Å²) in [6, 6.07) is 22.8. The zero-order valence-electron chi connectivity index (χ0n) is 15.0. The Labute approximate surface area is 164 Å². The summed E-state index contributed by atoms with van der Waals surface area (Å²) in [4.78, 5) is 12.3. The Balaban J connectivity index is 1.53. The largest absolute Gasteiger partial charge is 0.489 e. The van der Waals surface area contributed by atoms with Gasteiger partial charge in [-0.05, 0) is 47.5 Å². The number of primary sulfonamides is 1. The van der Waals surface area contributed by atoms with Gasteiger partial charge in [0.25, 0.3) is 5.91 Å². The molecule has 3 rings (SSSR count). The predicted octanol–water partition coefficient (Wildman–Crippen LogP) is 2.84. The average Bonchev–Trinajstić information content (AvgIpc) is 2.71. The first-order chi connectivity index (χ1) is 13.4. The molecule has 3 N–H and O–H groups in total. The van der Waals surface area contributed by atoms with E-state index in [9.17, 15) is 13.2 Å². The van der Waals surface area contributed by atoms with Crippen LogP contribution in [0.3, 0.4) is 0 Å². The van der Waals surface area contributed by atoms with E-state index in [1.165, 1.54) is 12.1 Å². The minimum Gasteiger partial charge on any atom is -0.489 e. The van der Waals surface area contributed by atoms with Crippen molar-refractivity contribution < 1.29 is 17.9 Å². The SMILES string of the molecule is NS(=O)(=O)c1ccc(CNC(=O)c2ccc(OCc3ccccc3)cc2)cc1. The van der Waals surface area contributed by atoms with Crippen LogP contribution in [-0.4, -0.2) is 14.3 Å². The van der Waals surface area contributed by atoms with E-state index >= 15 is 0 Å². The molecule has 0 heterocycles. The Kier molecular flexibility index (Phi) is 6.08. The molecule has 7 heteroatoms. The highest BCUT2D eigenvalue weighted by Gasteiger charge is 2.08. The molecule has 6 nitrogen and oxygen atoms in total. The number of rotatable bonds is 7. The zero-order valence-corrected chi connectivity index (χ0v) is 15.9. The third-order valence-corrected chi connectivity index (χ3v) is 5.00. The van der Waals surface area contributed by atoms with E-state index in [0.717, 1.165) is 11.1 Å². The summed E-state index contributed by atoms with van der Waals surface area (Å²) < 4.78 is 28.2. The molecule has 0 unspecified atom stereocenters. The van der Waals surface area contributed by atoms with Crippen LogP contribution in [0.4, 0.5) is 0 Å². The highest BCUT2D eigenvalue weighted by Crippen LogP contribution is 2.15. The highest BCUT2D eigenvalue weighted by molar-refractivity contribution is 7.89. The number of amides is 1. The second-order valence-electron chi connectivity index (χ2n) is 6.17. The summed E-state index contributed by atoms with van der Waals surface area (Å²) in [7, 11) is -3.72. The molecule has 28 heavy (non-hydrogen) atoms. The maximum atomic E-state index is 12.3. The van der Waals surface area contributed by atoms with Gasteiger partial charge in [-0.3, -0.25) is 4.79 Å². The molecule has 0 aliphatic heterocycles. The Bertz CT molecular complexity index is 1030.